The van der Waals surface area contributed by atoms with E-state index in [4.69, 9.17) is 11.6 Å². The van der Waals surface area contributed by atoms with Gasteiger partial charge >= 0.3 is 11.8 Å². The van der Waals surface area contributed by atoms with Gasteiger partial charge in [-0.2, -0.15) is 0 Å². The third-order valence-corrected chi connectivity index (χ3v) is 3.98. The number of benzene rings is 1. The van der Waals surface area contributed by atoms with E-state index >= 15 is 0 Å². The van der Waals surface area contributed by atoms with Gasteiger partial charge in [0.1, 0.15) is 5.82 Å². The molecular formula is C15H18ClFN2O3. The number of amides is 2. The summed E-state index contributed by atoms with van der Waals surface area (Å²) in [6, 6.07) is 3.67. The minimum absolute atomic E-state index is 0.130. The van der Waals surface area contributed by atoms with E-state index in [1.807, 2.05) is 0 Å². The molecule has 120 valence electrons. The van der Waals surface area contributed by atoms with Crippen LogP contribution < -0.4 is 10.6 Å². The van der Waals surface area contributed by atoms with Gasteiger partial charge in [0.15, 0.2) is 0 Å². The highest BCUT2D eigenvalue weighted by Crippen LogP contribution is 2.23. The summed E-state index contributed by atoms with van der Waals surface area (Å²) < 4.78 is 13.0. The summed E-state index contributed by atoms with van der Waals surface area (Å²) in [6.07, 6.45) is 2.94. The third kappa shape index (κ3) is 4.68. The number of aliphatic hydroxyl groups excluding tert-OH is 1. The molecule has 2 rings (SSSR count). The molecule has 22 heavy (non-hydrogen) atoms. The van der Waals surface area contributed by atoms with Gasteiger partial charge in [0, 0.05) is 12.2 Å². The molecule has 0 spiro atoms. The van der Waals surface area contributed by atoms with Crippen LogP contribution in [-0.2, 0) is 9.59 Å². The molecular weight excluding hydrogens is 311 g/mol. The summed E-state index contributed by atoms with van der Waals surface area (Å²) >= 11 is 5.60. The molecule has 0 aliphatic heterocycles. The molecule has 0 aromatic heterocycles. The average Bonchev–Trinajstić information content (AvgIpc) is 2.48. The number of carbonyl (C=O) groups is 2. The Hall–Kier alpha value is -1.66. The molecule has 0 bridgehead atoms. The average molecular weight is 329 g/mol. The highest BCUT2D eigenvalue weighted by molar-refractivity contribution is 6.39. The first-order chi connectivity index (χ1) is 10.5. The Balaban J connectivity index is 1.81. The molecule has 1 aromatic rings. The summed E-state index contributed by atoms with van der Waals surface area (Å²) in [5, 5.41) is 14.3. The molecule has 0 radical (unpaired) electrons. The van der Waals surface area contributed by atoms with Crippen molar-refractivity contribution in [3.63, 3.8) is 0 Å². The smallest absolute Gasteiger partial charge is 0.313 e. The minimum Gasteiger partial charge on any atom is -0.393 e. The van der Waals surface area contributed by atoms with Crippen LogP contribution in [0, 0.1) is 11.7 Å². The third-order valence-electron chi connectivity index (χ3n) is 3.69. The Kier molecular flexibility index (Phi) is 5.74. The van der Waals surface area contributed by atoms with Crippen molar-refractivity contribution < 1.29 is 19.1 Å². The number of anilines is 1. The van der Waals surface area contributed by atoms with Gasteiger partial charge in [-0.15, -0.1) is 0 Å². The van der Waals surface area contributed by atoms with Crippen molar-refractivity contribution in [3.05, 3.63) is 29.0 Å². The highest BCUT2D eigenvalue weighted by atomic mass is 35.5. The van der Waals surface area contributed by atoms with Gasteiger partial charge in [-0.05, 0) is 43.4 Å². The second-order valence-corrected chi connectivity index (χ2v) is 5.89. The number of hydrogen-bond donors (Lipinski definition) is 3. The van der Waals surface area contributed by atoms with E-state index in [9.17, 15) is 19.1 Å². The fourth-order valence-electron chi connectivity index (χ4n) is 2.53. The Morgan fingerprint density at radius 3 is 2.77 bits per heavy atom. The van der Waals surface area contributed by atoms with E-state index in [0.717, 1.165) is 25.3 Å². The van der Waals surface area contributed by atoms with E-state index in [-0.39, 0.29) is 22.7 Å². The molecule has 1 fully saturated rings. The first-order valence-electron chi connectivity index (χ1n) is 7.18. The second kappa shape index (κ2) is 7.56. The predicted molar refractivity (Wildman–Crippen MR) is 81.0 cm³/mol. The zero-order chi connectivity index (χ0) is 16.1. The molecule has 2 atom stereocenters. The fourth-order valence-corrected chi connectivity index (χ4v) is 2.71. The van der Waals surface area contributed by atoms with Crippen molar-refractivity contribution >= 4 is 29.1 Å². The summed E-state index contributed by atoms with van der Waals surface area (Å²) in [5.41, 5.74) is 0.250. The molecule has 5 nitrogen and oxygen atoms in total. The molecule has 3 N–H and O–H groups in total. The van der Waals surface area contributed by atoms with Crippen molar-refractivity contribution in [2.45, 2.75) is 31.8 Å². The lowest BCUT2D eigenvalue weighted by Gasteiger charge is -2.25. The zero-order valence-corrected chi connectivity index (χ0v) is 12.7. The van der Waals surface area contributed by atoms with Gasteiger partial charge in [0.25, 0.3) is 0 Å². The number of carbonyl (C=O) groups excluding carboxylic acids is 2. The molecule has 1 saturated carbocycles. The monoisotopic (exact) mass is 328 g/mol. The molecule has 1 aromatic carbocycles. The maximum Gasteiger partial charge on any atom is 0.313 e. The maximum atomic E-state index is 13.0. The van der Waals surface area contributed by atoms with E-state index in [2.05, 4.69) is 10.6 Å². The number of aliphatic hydroxyl groups is 1. The molecule has 0 saturated heterocycles. The normalized spacial score (nSPS) is 21.2. The number of halogens is 2. The summed E-state index contributed by atoms with van der Waals surface area (Å²) in [6.45, 7) is 0.355. The summed E-state index contributed by atoms with van der Waals surface area (Å²) in [5.74, 6) is -2.01. The molecule has 1 aliphatic carbocycles. The van der Waals surface area contributed by atoms with E-state index in [0.29, 0.717) is 13.0 Å². The van der Waals surface area contributed by atoms with E-state index in [1.165, 1.54) is 12.1 Å². The summed E-state index contributed by atoms with van der Waals surface area (Å²) in [4.78, 5) is 23.5. The minimum atomic E-state index is -0.834. The Morgan fingerprint density at radius 2 is 2.09 bits per heavy atom. The molecule has 7 heteroatoms. The van der Waals surface area contributed by atoms with Gasteiger partial charge in [-0.25, -0.2) is 4.39 Å². The predicted octanol–water partition coefficient (Wildman–Crippen LogP) is 2.08. The standard InChI is InChI=1S/C15H18ClFN2O3/c16-12-7-10(4-5-13(12)17)19-15(22)14(21)18-8-9-2-1-3-11(20)6-9/h4-5,7,9,11,20H,1-3,6,8H2,(H,18,21)(H,19,22). The maximum absolute atomic E-state index is 13.0. The van der Waals surface area contributed by atoms with Crippen LogP contribution >= 0.6 is 11.6 Å². The van der Waals surface area contributed by atoms with Crippen LogP contribution in [0.15, 0.2) is 18.2 Å². The Labute approximate surface area is 132 Å². The van der Waals surface area contributed by atoms with Crippen LogP contribution in [0.4, 0.5) is 10.1 Å². The lowest BCUT2D eigenvalue weighted by Crippen LogP contribution is -2.39. The van der Waals surface area contributed by atoms with Crippen molar-refractivity contribution in [2.24, 2.45) is 5.92 Å². The van der Waals surface area contributed by atoms with Crippen LogP contribution in [0.5, 0.6) is 0 Å². The Morgan fingerprint density at radius 1 is 1.32 bits per heavy atom. The Bertz CT molecular complexity index is 568. The van der Waals surface area contributed by atoms with Gasteiger partial charge in [0.2, 0.25) is 0 Å². The number of rotatable bonds is 3. The number of nitrogens with one attached hydrogen (secondary N) is 2. The second-order valence-electron chi connectivity index (χ2n) is 5.48. The van der Waals surface area contributed by atoms with Gasteiger partial charge in [-0.3, -0.25) is 9.59 Å². The van der Waals surface area contributed by atoms with Gasteiger partial charge in [0.05, 0.1) is 11.1 Å². The van der Waals surface area contributed by atoms with Gasteiger partial charge < -0.3 is 15.7 Å². The van der Waals surface area contributed by atoms with E-state index < -0.39 is 17.6 Å². The SMILES string of the molecule is O=C(NCC1CCCC(O)C1)C(=O)Nc1ccc(F)c(Cl)c1. The van der Waals surface area contributed by atoms with Crippen LogP contribution in [0.25, 0.3) is 0 Å². The largest absolute Gasteiger partial charge is 0.393 e. The van der Waals surface area contributed by atoms with Crippen molar-refractivity contribution in [1.29, 1.82) is 0 Å². The lowest BCUT2D eigenvalue weighted by molar-refractivity contribution is -0.136. The summed E-state index contributed by atoms with van der Waals surface area (Å²) in [7, 11) is 0. The lowest BCUT2D eigenvalue weighted by atomic mass is 9.87. The quantitative estimate of drug-likeness (QED) is 0.743. The molecule has 2 amide bonds. The van der Waals surface area contributed by atoms with Crippen molar-refractivity contribution in [3.8, 4) is 0 Å². The topological polar surface area (TPSA) is 78.4 Å². The van der Waals surface area contributed by atoms with Gasteiger partial charge in [-0.1, -0.05) is 18.0 Å². The van der Waals surface area contributed by atoms with Crippen LogP contribution in [0.1, 0.15) is 25.7 Å². The molecule has 1 aliphatic rings. The fraction of sp³-hybridized carbons (Fsp3) is 0.467. The first kappa shape index (κ1) is 16.7. The zero-order valence-electron chi connectivity index (χ0n) is 11.9. The first-order valence-corrected chi connectivity index (χ1v) is 7.56. The van der Waals surface area contributed by atoms with Crippen molar-refractivity contribution in [2.75, 3.05) is 11.9 Å². The highest BCUT2D eigenvalue weighted by Gasteiger charge is 2.22. The molecule has 2 unspecified atom stereocenters. The molecule has 0 heterocycles. The van der Waals surface area contributed by atoms with Crippen LogP contribution in [0.2, 0.25) is 5.02 Å². The van der Waals surface area contributed by atoms with Crippen molar-refractivity contribution in [1.82, 2.24) is 5.32 Å². The van der Waals surface area contributed by atoms with Crippen LogP contribution in [0.3, 0.4) is 0 Å². The van der Waals surface area contributed by atoms with E-state index in [1.54, 1.807) is 0 Å². The number of hydrogen-bond acceptors (Lipinski definition) is 3. The van der Waals surface area contributed by atoms with Crippen LogP contribution in [-0.4, -0.2) is 29.6 Å².